The Morgan fingerprint density at radius 2 is 2.26 bits per heavy atom. The van der Waals surface area contributed by atoms with Crippen LogP contribution in [0, 0.1) is 12.8 Å². The Morgan fingerprint density at radius 3 is 3.05 bits per heavy atom. The molecule has 1 aliphatic rings. The minimum atomic E-state index is 0.795. The monoisotopic (exact) mass is 320 g/mol. The second kappa shape index (κ2) is 5.43. The summed E-state index contributed by atoms with van der Waals surface area (Å²) in [6.45, 7) is 3.97. The summed E-state index contributed by atoms with van der Waals surface area (Å²) < 4.78 is 2.89. The molecule has 1 fully saturated rings. The Hall–Kier alpha value is -1.20. The molecule has 0 spiro atoms. The highest BCUT2D eigenvalue weighted by atomic mass is 79.9. The van der Waals surface area contributed by atoms with Gasteiger partial charge in [0.15, 0.2) is 0 Å². The quantitative estimate of drug-likeness (QED) is 0.921. The molecule has 3 rings (SSSR count). The van der Waals surface area contributed by atoms with Crippen LogP contribution >= 0.6 is 15.9 Å². The first-order valence-electron chi connectivity index (χ1n) is 6.61. The van der Waals surface area contributed by atoms with Gasteiger partial charge in [-0.1, -0.05) is 27.2 Å². The first kappa shape index (κ1) is 12.8. The van der Waals surface area contributed by atoms with E-state index in [4.69, 9.17) is 0 Å². The highest BCUT2D eigenvalue weighted by molar-refractivity contribution is 9.10. The number of hydrogen-bond donors (Lipinski definition) is 1. The van der Waals surface area contributed by atoms with Crippen molar-refractivity contribution in [3.05, 3.63) is 40.1 Å². The van der Waals surface area contributed by atoms with E-state index in [2.05, 4.69) is 50.6 Å². The van der Waals surface area contributed by atoms with E-state index in [9.17, 15) is 0 Å². The lowest BCUT2D eigenvalue weighted by atomic mass is 10.2. The van der Waals surface area contributed by atoms with Gasteiger partial charge in [0, 0.05) is 11.0 Å². The highest BCUT2D eigenvalue weighted by Gasteiger charge is 2.20. The molecule has 0 unspecified atom stereocenters. The van der Waals surface area contributed by atoms with E-state index in [0.29, 0.717) is 0 Å². The predicted octanol–water partition coefficient (Wildman–Crippen LogP) is 2.84. The topological polar surface area (TPSA) is 42.7 Å². The molecule has 0 atom stereocenters. The van der Waals surface area contributed by atoms with Crippen LogP contribution in [0.1, 0.15) is 24.1 Å². The van der Waals surface area contributed by atoms with Crippen LogP contribution in [0.2, 0.25) is 0 Å². The molecule has 1 N–H and O–H groups in total. The summed E-state index contributed by atoms with van der Waals surface area (Å²) in [4.78, 5) is 0. The van der Waals surface area contributed by atoms with Crippen molar-refractivity contribution in [2.45, 2.75) is 26.3 Å². The maximum Gasteiger partial charge on any atom is 0.0969 e. The highest BCUT2D eigenvalue weighted by Crippen LogP contribution is 2.27. The molecule has 0 saturated heterocycles. The molecule has 4 nitrogen and oxygen atoms in total. The minimum absolute atomic E-state index is 0.795. The van der Waals surface area contributed by atoms with Gasteiger partial charge in [-0.2, -0.15) is 0 Å². The van der Waals surface area contributed by atoms with Gasteiger partial charge in [-0.25, -0.2) is 4.68 Å². The first-order chi connectivity index (χ1) is 9.22. The van der Waals surface area contributed by atoms with E-state index in [1.165, 1.54) is 18.4 Å². The largest absolute Gasteiger partial charge is 0.311 e. The smallest absolute Gasteiger partial charge is 0.0969 e. The number of benzene rings is 1. The molecule has 1 heterocycles. The molecule has 5 heteroatoms. The van der Waals surface area contributed by atoms with E-state index >= 15 is 0 Å². The van der Waals surface area contributed by atoms with E-state index in [1.807, 2.05) is 16.9 Å². The second-order valence-corrected chi connectivity index (χ2v) is 6.08. The minimum Gasteiger partial charge on any atom is -0.311 e. The summed E-state index contributed by atoms with van der Waals surface area (Å²) in [5.41, 5.74) is 3.24. The molecule has 0 bridgehead atoms. The van der Waals surface area contributed by atoms with Crippen LogP contribution in [0.3, 0.4) is 0 Å². The Morgan fingerprint density at radius 1 is 1.42 bits per heavy atom. The zero-order valence-corrected chi connectivity index (χ0v) is 12.5. The van der Waals surface area contributed by atoms with E-state index in [1.54, 1.807) is 0 Å². The van der Waals surface area contributed by atoms with Crippen molar-refractivity contribution in [1.82, 2.24) is 20.3 Å². The number of rotatable bonds is 5. The summed E-state index contributed by atoms with van der Waals surface area (Å²) in [6, 6.07) is 6.17. The number of aryl methyl sites for hydroxylation is 1. The zero-order chi connectivity index (χ0) is 13.2. The van der Waals surface area contributed by atoms with Gasteiger partial charge in [-0.05, 0) is 49.9 Å². The number of halogens is 1. The summed E-state index contributed by atoms with van der Waals surface area (Å²) in [6.07, 6.45) is 4.74. The average Bonchev–Trinajstić information content (AvgIpc) is 3.10. The van der Waals surface area contributed by atoms with Crippen LogP contribution in [0.4, 0.5) is 0 Å². The fraction of sp³-hybridized carbons (Fsp3) is 0.429. The third-order valence-corrected chi connectivity index (χ3v) is 3.89. The lowest BCUT2D eigenvalue weighted by molar-refractivity contribution is 0.628. The maximum atomic E-state index is 4.22. The van der Waals surface area contributed by atoms with E-state index < -0.39 is 0 Å². The lowest BCUT2D eigenvalue weighted by Gasteiger charge is -2.05. The maximum absolute atomic E-state index is 4.22. The SMILES string of the molecule is Cc1ccc(Br)cc1-n1cc(CNCC2CC2)nn1. The summed E-state index contributed by atoms with van der Waals surface area (Å²) in [5, 5.41) is 11.9. The Bertz CT molecular complexity index is 575. The molecular weight excluding hydrogens is 304 g/mol. The molecule has 1 aromatic heterocycles. The molecule has 1 aliphatic carbocycles. The van der Waals surface area contributed by atoms with Crippen LogP contribution in [0.15, 0.2) is 28.9 Å². The number of nitrogens with zero attached hydrogens (tertiary/aromatic N) is 3. The van der Waals surface area contributed by atoms with Crippen molar-refractivity contribution in [2.24, 2.45) is 5.92 Å². The lowest BCUT2D eigenvalue weighted by Crippen LogP contribution is -2.16. The van der Waals surface area contributed by atoms with Gasteiger partial charge < -0.3 is 5.32 Å². The van der Waals surface area contributed by atoms with Crippen LogP contribution < -0.4 is 5.32 Å². The molecule has 100 valence electrons. The van der Waals surface area contributed by atoms with Crippen molar-refractivity contribution in [3.63, 3.8) is 0 Å². The standard InChI is InChI=1S/C14H17BrN4/c1-10-2-5-12(15)6-14(10)19-9-13(17-18-19)8-16-7-11-3-4-11/h2,5-6,9,11,16H,3-4,7-8H2,1H3. The van der Waals surface area contributed by atoms with Crippen molar-refractivity contribution >= 4 is 15.9 Å². The van der Waals surface area contributed by atoms with Crippen molar-refractivity contribution < 1.29 is 0 Å². The van der Waals surface area contributed by atoms with Gasteiger partial charge in [0.1, 0.15) is 0 Å². The zero-order valence-electron chi connectivity index (χ0n) is 10.9. The molecule has 19 heavy (non-hydrogen) atoms. The molecule has 2 aromatic rings. The molecular formula is C14H17BrN4. The summed E-state index contributed by atoms with van der Waals surface area (Å²) in [7, 11) is 0. The fourth-order valence-electron chi connectivity index (χ4n) is 2.05. The number of hydrogen-bond acceptors (Lipinski definition) is 3. The van der Waals surface area contributed by atoms with E-state index in [-0.39, 0.29) is 0 Å². The number of nitrogens with one attached hydrogen (secondary N) is 1. The van der Waals surface area contributed by atoms with Gasteiger partial charge >= 0.3 is 0 Å². The second-order valence-electron chi connectivity index (χ2n) is 5.16. The van der Waals surface area contributed by atoms with Gasteiger partial charge in [0.25, 0.3) is 0 Å². The van der Waals surface area contributed by atoms with Crippen molar-refractivity contribution in [3.8, 4) is 5.69 Å². The van der Waals surface area contributed by atoms with Gasteiger partial charge in [0.05, 0.1) is 17.6 Å². The van der Waals surface area contributed by atoms with Crippen LogP contribution in [0.25, 0.3) is 5.69 Å². The summed E-state index contributed by atoms with van der Waals surface area (Å²) >= 11 is 3.49. The molecule has 1 aromatic carbocycles. The Kier molecular flexibility index (Phi) is 3.66. The number of aromatic nitrogens is 3. The van der Waals surface area contributed by atoms with Crippen molar-refractivity contribution in [1.29, 1.82) is 0 Å². The van der Waals surface area contributed by atoms with Crippen LogP contribution in [0.5, 0.6) is 0 Å². The van der Waals surface area contributed by atoms with Crippen molar-refractivity contribution in [2.75, 3.05) is 6.54 Å². The third-order valence-electron chi connectivity index (χ3n) is 3.39. The van der Waals surface area contributed by atoms with Gasteiger partial charge in [0.2, 0.25) is 0 Å². The molecule has 0 aliphatic heterocycles. The summed E-state index contributed by atoms with van der Waals surface area (Å²) in [5.74, 6) is 0.891. The predicted molar refractivity (Wildman–Crippen MR) is 78.2 cm³/mol. The molecule has 0 amide bonds. The van der Waals surface area contributed by atoms with E-state index in [0.717, 1.165) is 34.9 Å². The average molecular weight is 321 g/mol. The van der Waals surface area contributed by atoms with Gasteiger partial charge in [-0.15, -0.1) is 5.10 Å². The Balaban J connectivity index is 1.70. The van der Waals surface area contributed by atoms with Crippen LogP contribution in [-0.4, -0.2) is 21.5 Å². The third kappa shape index (κ3) is 3.22. The normalized spacial score (nSPS) is 14.8. The fourth-order valence-corrected chi connectivity index (χ4v) is 2.40. The molecule has 1 saturated carbocycles. The van der Waals surface area contributed by atoms with Crippen LogP contribution in [-0.2, 0) is 6.54 Å². The van der Waals surface area contributed by atoms with Gasteiger partial charge in [-0.3, -0.25) is 0 Å². The Labute approximate surface area is 121 Å². The first-order valence-corrected chi connectivity index (χ1v) is 7.40. The molecule has 0 radical (unpaired) electrons.